The van der Waals surface area contributed by atoms with Gasteiger partial charge in [0.2, 0.25) is 5.88 Å². The number of amides is 1. The zero-order chi connectivity index (χ0) is 25.7. The monoisotopic (exact) mass is 531 g/mol. The van der Waals surface area contributed by atoms with Crippen LogP contribution in [0.5, 0.6) is 5.88 Å². The first-order valence-corrected chi connectivity index (χ1v) is 11.4. The van der Waals surface area contributed by atoms with Crippen molar-refractivity contribution in [3.63, 3.8) is 0 Å². The number of ether oxygens (including phenoxy) is 1. The number of nitrogens with one attached hydrogen (secondary N) is 1. The Bertz CT molecular complexity index is 1330. The van der Waals surface area contributed by atoms with Gasteiger partial charge in [0.25, 0.3) is 5.91 Å². The minimum atomic E-state index is -4.42. The van der Waals surface area contributed by atoms with E-state index in [9.17, 15) is 18.0 Å². The van der Waals surface area contributed by atoms with E-state index in [-0.39, 0.29) is 18.1 Å². The fourth-order valence-corrected chi connectivity index (χ4v) is 3.70. The van der Waals surface area contributed by atoms with Crippen LogP contribution in [-0.4, -0.2) is 15.9 Å². The Hall–Kier alpha value is -3.62. The van der Waals surface area contributed by atoms with Crippen LogP contribution in [0.15, 0.2) is 85.2 Å². The number of carbonyl (C=O) groups is 1. The van der Waals surface area contributed by atoms with E-state index in [1.807, 2.05) is 30.3 Å². The largest absolute Gasteiger partial charge is 0.463 e. The Balaban J connectivity index is 1.45. The molecule has 1 N–H and O–H groups in total. The molecule has 184 valence electrons. The number of hydrogen-bond donors (Lipinski definition) is 1. The highest BCUT2D eigenvalue weighted by molar-refractivity contribution is 6.31. The number of aromatic nitrogens is 2. The molecule has 0 aliphatic rings. The average molecular weight is 532 g/mol. The van der Waals surface area contributed by atoms with Crippen LogP contribution in [0.1, 0.15) is 38.8 Å². The third-order valence-corrected chi connectivity index (χ3v) is 5.79. The van der Waals surface area contributed by atoms with Crippen LogP contribution in [0.3, 0.4) is 0 Å². The minimum Gasteiger partial charge on any atom is -0.463 e. The molecule has 0 radical (unpaired) electrons. The lowest BCUT2D eigenvalue weighted by Crippen LogP contribution is -2.24. The van der Waals surface area contributed by atoms with Gasteiger partial charge in [-0.3, -0.25) is 4.79 Å². The molecule has 1 unspecified atom stereocenters. The number of rotatable bonds is 7. The summed E-state index contributed by atoms with van der Waals surface area (Å²) in [4.78, 5) is 20.7. The standard InChI is InChI=1S/C26H18Cl2F3N3O2/c27-19-11-7-17(8-12-19)24(20-3-1-2-4-21(20)28)36-23-15-32-22(14-33-23)25(35)34-13-16-5-9-18(10-6-16)26(29,30)31/h1-12,14-15,24H,13H2,(H,34,35). The van der Waals surface area contributed by atoms with Gasteiger partial charge in [0.1, 0.15) is 5.69 Å². The Morgan fingerprint density at radius 3 is 2.22 bits per heavy atom. The zero-order valence-corrected chi connectivity index (χ0v) is 20.0. The molecule has 0 bridgehead atoms. The summed E-state index contributed by atoms with van der Waals surface area (Å²) in [6.45, 7) is 0.0298. The van der Waals surface area contributed by atoms with Crippen molar-refractivity contribution in [2.24, 2.45) is 0 Å². The highest BCUT2D eigenvalue weighted by Crippen LogP contribution is 2.32. The lowest BCUT2D eigenvalue weighted by molar-refractivity contribution is -0.137. The van der Waals surface area contributed by atoms with Gasteiger partial charge >= 0.3 is 6.18 Å². The quantitative estimate of drug-likeness (QED) is 0.281. The summed E-state index contributed by atoms with van der Waals surface area (Å²) in [6, 6.07) is 18.9. The van der Waals surface area contributed by atoms with Crippen LogP contribution in [0.2, 0.25) is 10.0 Å². The average Bonchev–Trinajstić information content (AvgIpc) is 2.87. The van der Waals surface area contributed by atoms with Gasteiger partial charge in [-0.25, -0.2) is 9.97 Å². The summed E-state index contributed by atoms with van der Waals surface area (Å²) >= 11 is 12.4. The molecule has 0 saturated heterocycles. The van der Waals surface area contributed by atoms with Crippen molar-refractivity contribution in [3.05, 3.63) is 123 Å². The number of halogens is 5. The number of benzene rings is 3. The molecule has 1 heterocycles. The summed E-state index contributed by atoms with van der Waals surface area (Å²) in [5, 5.41) is 3.68. The Labute approximate surface area is 214 Å². The van der Waals surface area contributed by atoms with Crippen LogP contribution in [-0.2, 0) is 12.7 Å². The molecule has 10 heteroatoms. The second-order valence-electron chi connectivity index (χ2n) is 7.69. The van der Waals surface area contributed by atoms with Gasteiger partial charge in [0, 0.05) is 22.2 Å². The van der Waals surface area contributed by atoms with Crippen LogP contribution in [0.25, 0.3) is 0 Å². The molecule has 5 nitrogen and oxygen atoms in total. The predicted molar refractivity (Wildman–Crippen MR) is 130 cm³/mol. The summed E-state index contributed by atoms with van der Waals surface area (Å²) in [6.07, 6.45) is -2.46. The first kappa shape index (κ1) is 25.5. The molecule has 3 aromatic carbocycles. The fraction of sp³-hybridized carbons (Fsp3) is 0.115. The van der Waals surface area contributed by atoms with Crippen molar-refractivity contribution in [1.82, 2.24) is 15.3 Å². The van der Waals surface area contributed by atoms with E-state index in [0.717, 1.165) is 17.7 Å². The molecule has 1 atom stereocenters. The Morgan fingerprint density at radius 1 is 0.917 bits per heavy atom. The molecular weight excluding hydrogens is 514 g/mol. The second-order valence-corrected chi connectivity index (χ2v) is 8.53. The number of carbonyl (C=O) groups excluding carboxylic acids is 1. The van der Waals surface area contributed by atoms with Crippen molar-refractivity contribution >= 4 is 29.1 Å². The van der Waals surface area contributed by atoms with E-state index in [0.29, 0.717) is 21.2 Å². The molecule has 36 heavy (non-hydrogen) atoms. The van der Waals surface area contributed by atoms with E-state index in [1.165, 1.54) is 24.5 Å². The van der Waals surface area contributed by atoms with Crippen molar-refractivity contribution in [1.29, 1.82) is 0 Å². The lowest BCUT2D eigenvalue weighted by Gasteiger charge is -2.20. The van der Waals surface area contributed by atoms with Gasteiger partial charge in [-0.1, -0.05) is 65.7 Å². The normalized spacial score (nSPS) is 12.1. The molecule has 1 amide bonds. The maximum Gasteiger partial charge on any atom is 0.416 e. The molecule has 4 rings (SSSR count). The molecule has 4 aromatic rings. The first-order valence-electron chi connectivity index (χ1n) is 10.6. The number of nitrogens with zero attached hydrogens (tertiary/aromatic N) is 2. The van der Waals surface area contributed by atoms with Gasteiger partial charge < -0.3 is 10.1 Å². The highest BCUT2D eigenvalue weighted by atomic mass is 35.5. The molecule has 1 aromatic heterocycles. The summed E-state index contributed by atoms with van der Waals surface area (Å²) in [5.74, 6) is -0.372. The van der Waals surface area contributed by atoms with Gasteiger partial charge in [0.05, 0.1) is 18.0 Å². The van der Waals surface area contributed by atoms with Crippen LogP contribution in [0.4, 0.5) is 13.2 Å². The smallest absolute Gasteiger partial charge is 0.416 e. The van der Waals surface area contributed by atoms with Crippen LogP contribution in [0, 0.1) is 0 Å². The van der Waals surface area contributed by atoms with Crippen LogP contribution < -0.4 is 10.1 Å². The van der Waals surface area contributed by atoms with E-state index < -0.39 is 23.8 Å². The number of hydrogen-bond acceptors (Lipinski definition) is 4. The van der Waals surface area contributed by atoms with E-state index in [4.69, 9.17) is 27.9 Å². The van der Waals surface area contributed by atoms with Crippen molar-refractivity contribution in [3.8, 4) is 5.88 Å². The fourth-order valence-electron chi connectivity index (χ4n) is 3.34. The van der Waals surface area contributed by atoms with E-state index in [2.05, 4.69) is 15.3 Å². The van der Waals surface area contributed by atoms with Crippen molar-refractivity contribution < 1.29 is 22.7 Å². The molecule has 0 fully saturated rings. The molecule has 0 aliphatic carbocycles. The summed E-state index contributed by atoms with van der Waals surface area (Å²) in [7, 11) is 0. The molecular formula is C26H18Cl2F3N3O2. The SMILES string of the molecule is O=C(NCc1ccc(C(F)(F)F)cc1)c1cnc(OC(c2ccc(Cl)cc2)c2ccccc2Cl)cn1. The van der Waals surface area contributed by atoms with Gasteiger partial charge in [-0.05, 0) is 41.5 Å². The van der Waals surface area contributed by atoms with Crippen molar-refractivity contribution in [2.45, 2.75) is 18.8 Å². The Kier molecular flexibility index (Phi) is 7.76. The minimum absolute atomic E-state index is 0.0232. The highest BCUT2D eigenvalue weighted by Gasteiger charge is 2.30. The van der Waals surface area contributed by atoms with E-state index >= 15 is 0 Å². The summed E-state index contributed by atoms with van der Waals surface area (Å²) in [5.41, 5.74) is 1.27. The predicted octanol–water partition coefficient (Wildman–Crippen LogP) is 6.90. The van der Waals surface area contributed by atoms with E-state index in [1.54, 1.807) is 18.2 Å². The maximum absolute atomic E-state index is 12.7. The lowest BCUT2D eigenvalue weighted by atomic mass is 10.0. The third kappa shape index (κ3) is 6.33. The van der Waals surface area contributed by atoms with Crippen LogP contribution >= 0.6 is 23.2 Å². The zero-order valence-electron chi connectivity index (χ0n) is 18.5. The van der Waals surface area contributed by atoms with Gasteiger partial charge in [0.15, 0.2) is 6.10 Å². The summed E-state index contributed by atoms with van der Waals surface area (Å²) < 4.78 is 44.1. The topological polar surface area (TPSA) is 64.1 Å². The Morgan fingerprint density at radius 2 is 1.61 bits per heavy atom. The van der Waals surface area contributed by atoms with Gasteiger partial charge in [-0.15, -0.1) is 0 Å². The maximum atomic E-state index is 12.7. The second kappa shape index (κ2) is 11.0. The first-order chi connectivity index (χ1) is 17.2. The molecule has 0 saturated carbocycles. The van der Waals surface area contributed by atoms with Crippen molar-refractivity contribution in [2.75, 3.05) is 0 Å². The third-order valence-electron chi connectivity index (χ3n) is 5.19. The molecule has 0 spiro atoms. The van der Waals surface area contributed by atoms with Gasteiger partial charge in [-0.2, -0.15) is 13.2 Å². The number of alkyl halides is 3. The molecule has 0 aliphatic heterocycles.